The molecule has 0 saturated carbocycles. The van der Waals surface area contributed by atoms with Crippen molar-refractivity contribution < 1.29 is 0 Å². The van der Waals surface area contributed by atoms with Crippen molar-refractivity contribution in [2.45, 2.75) is 18.9 Å². The lowest BCUT2D eigenvalue weighted by atomic mass is 10.0. The van der Waals surface area contributed by atoms with Crippen LogP contribution in [0.3, 0.4) is 0 Å². The van der Waals surface area contributed by atoms with Gasteiger partial charge in [-0.05, 0) is 39.1 Å². The Hall–Kier alpha value is -0.440. The molecule has 1 heterocycles. The minimum atomic E-state index is 0. The summed E-state index contributed by atoms with van der Waals surface area (Å²) in [5.41, 5.74) is 1.37. The second-order valence-corrected chi connectivity index (χ2v) is 4.52. The predicted molar refractivity (Wildman–Crippen MR) is 79.9 cm³/mol. The van der Waals surface area contributed by atoms with E-state index in [4.69, 9.17) is 0 Å². The molecule has 2 nitrogen and oxygen atoms in total. The van der Waals surface area contributed by atoms with E-state index in [1.807, 2.05) is 0 Å². The maximum atomic E-state index is 2.49. The van der Waals surface area contributed by atoms with Crippen molar-refractivity contribution in [1.29, 1.82) is 0 Å². The normalized spacial score (nSPS) is 16.3. The Balaban J connectivity index is 0.00000128. The van der Waals surface area contributed by atoms with E-state index in [2.05, 4.69) is 54.2 Å². The third-order valence-electron chi connectivity index (χ3n) is 3.32. The van der Waals surface area contributed by atoms with Crippen LogP contribution in [0.4, 0.5) is 5.69 Å². The molecule has 0 aromatic heterocycles. The smallest absolute Gasteiger partial charge is 0.0366 e. The summed E-state index contributed by atoms with van der Waals surface area (Å²) in [5.74, 6) is 0. The van der Waals surface area contributed by atoms with Gasteiger partial charge in [-0.1, -0.05) is 18.2 Å². The van der Waals surface area contributed by atoms with Gasteiger partial charge in [0.05, 0.1) is 0 Å². The Kier molecular flexibility index (Phi) is 7.60. The molecule has 0 bridgehead atoms. The fourth-order valence-electron chi connectivity index (χ4n) is 2.28. The predicted octanol–water partition coefficient (Wildman–Crippen LogP) is 3.06. The summed E-state index contributed by atoms with van der Waals surface area (Å²) in [4.78, 5) is 4.84. The summed E-state index contributed by atoms with van der Waals surface area (Å²) in [7, 11) is 4.37. The molecule has 1 aliphatic rings. The Morgan fingerprint density at radius 3 is 2.00 bits per heavy atom. The van der Waals surface area contributed by atoms with Crippen molar-refractivity contribution in [3.05, 3.63) is 30.3 Å². The zero-order valence-corrected chi connectivity index (χ0v) is 12.1. The van der Waals surface area contributed by atoms with E-state index in [0.717, 1.165) is 6.04 Å². The highest BCUT2D eigenvalue weighted by Gasteiger charge is 2.20. The van der Waals surface area contributed by atoms with Crippen LogP contribution in [0.1, 0.15) is 12.8 Å². The molecule has 2 rings (SSSR count). The minimum Gasteiger partial charge on any atom is -0.371 e. The lowest BCUT2D eigenvalue weighted by Crippen LogP contribution is -2.41. The number of anilines is 1. The van der Waals surface area contributed by atoms with Crippen LogP contribution in [0.5, 0.6) is 0 Å². The van der Waals surface area contributed by atoms with E-state index in [-0.39, 0.29) is 24.8 Å². The van der Waals surface area contributed by atoms with Crippen LogP contribution >= 0.6 is 24.8 Å². The number of hydrogen-bond donors (Lipinski definition) is 0. The lowest BCUT2D eigenvalue weighted by Gasteiger charge is -2.36. The lowest BCUT2D eigenvalue weighted by molar-refractivity contribution is 0.249. The summed E-state index contributed by atoms with van der Waals surface area (Å²) in [5, 5.41) is 0. The number of halogens is 2. The molecule has 0 spiro atoms. The molecule has 0 N–H and O–H groups in total. The molecule has 0 unspecified atom stereocenters. The largest absolute Gasteiger partial charge is 0.371 e. The SMILES string of the molecule is CN(C)C1CCN(c2ccccc2)CC1.Cl.Cl. The molecule has 1 saturated heterocycles. The first-order valence-electron chi connectivity index (χ1n) is 5.74. The van der Waals surface area contributed by atoms with Gasteiger partial charge in [-0.3, -0.25) is 0 Å². The number of piperidine rings is 1. The van der Waals surface area contributed by atoms with Crippen molar-refractivity contribution >= 4 is 30.5 Å². The highest BCUT2D eigenvalue weighted by atomic mass is 35.5. The van der Waals surface area contributed by atoms with Gasteiger partial charge in [0.1, 0.15) is 0 Å². The van der Waals surface area contributed by atoms with Gasteiger partial charge in [-0.15, -0.1) is 24.8 Å². The molecule has 4 heteroatoms. The Morgan fingerprint density at radius 2 is 1.53 bits per heavy atom. The van der Waals surface area contributed by atoms with E-state index >= 15 is 0 Å². The van der Waals surface area contributed by atoms with Gasteiger partial charge in [-0.2, -0.15) is 0 Å². The van der Waals surface area contributed by atoms with Gasteiger partial charge < -0.3 is 9.80 Å². The Bertz CT molecular complexity index is 296. The molecule has 17 heavy (non-hydrogen) atoms. The van der Waals surface area contributed by atoms with Crippen molar-refractivity contribution in [3.8, 4) is 0 Å². The number of rotatable bonds is 2. The standard InChI is InChI=1S/C13H20N2.2ClH/c1-14(2)12-8-10-15(11-9-12)13-6-4-3-5-7-13;;/h3-7,12H,8-11H2,1-2H3;2*1H. The molecule has 1 aromatic carbocycles. The third-order valence-corrected chi connectivity index (χ3v) is 3.32. The molecular formula is C13H22Cl2N2. The van der Waals surface area contributed by atoms with Gasteiger partial charge in [0, 0.05) is 24.8 Å². The zero-order chi connectivity index (χ0) is 10.7. The van der Waals surface area contributed by atoms with E-state index in [1.54, 1.807) is 0 Å². The third kappa shape index (κ3) is 4.38. The second kappa shape index (κ2) is 7.80. The van der Waals surface area contributed by atoms with Crippen molar-refractivity contribution in [1.82, 2.24) is 4.90 Å². The summed E-state index contributed by atoms with van der Waals surface area (Å²) < 4.78 is 0. The average Bonchev–Trinajstić information content (AvgIpc) is 2.30. The topological polar surface area (TPSA) is 6.48 Å². The summed E-state index contributed by atoms with van der Waals surface area (Å²) in [6.07, 6.45) is 2.56. The van der Waals surface area contributed by atoms with Crippen LogP contribution < -0.4 is 4.90 Å². The Labute approximate surface area is 117 Å². The summed E-state index contributed by atoms with van der Waals surface area (Å²) in [6.45, 7) is 2.37. The van der Waals surface area contributed by atoms with E-state index in [1.165, 1.54) is 31.6 Å². The van der Waals surface area contributed by atoms with Gasteiger partial charge in [0.15, 0.2) is 0 Å². The molecule has 1 aliphatic heterocycles. The van der Waals surface area contributed by atoms with Crippen molar-refractivity contribution in [2.75, 3.05) is 32.1 Å². The molecule has 0 aliphatic carbocycles. The molecule has 0 radical (unpaired) electrons. The van der Waals surface area contributed by atoms with Crippen LogP contribution in [0.15, 0.2) is 30.3 Å². The molecule has 1 fully saturated rings. The number of para-hydroxylation sites is 1. The number of hydrogen-bond acceptors (Lipinski definition) is 2. The number of nitrogens with zero attached hydrogens (tertiary/aromatic N) is 2. The second-order valence-electron chi connectivity index (χ2n) is 4.52. The fraction of sp³-hybridized carbons (Fsp3) is 0.538. The van der Waals surface area contributed by atoms with E-state index in [9.17, 15) is 0 Å². The minimum absolute atomic E-state index is 0. The molecule has 0 atom stereocenters. The Morgan fingerprint density at radius 1 is 1.00 bits per heavy atom. The molecule has 0 amide bonds. The summed E-state index contributed by atoms with van der Waals surface area (Å²) in [6, 6.07) is 11.5. The highest BCUT2D eigenvalue weighted by molar-refractivity contribution is 5.85. The van der Waals surface area contributed by atoms with E-state index < -0.39 is 0 Å². The maximum absolute atomic E-state index is 2.49. The molecule has 98 valence electrons. The van der Waals surface area contributed by atoms with Crippen LogP contribution in [-0.4, -0.2) is 38.1 Å². The molecule has 1 aromatic rings. The van der Waals surface area contributed by atoms with Crippen molar-refractivity contribution in [2.24, 2.45) is 0 Å². The first-order valence-corrected chi connectivity index (χ1v) is 5.74. The zero-order valence-electron chi connectivity index (χ0n) is 10.5. The van der Waals surface area contributed by atoms with Gasteiger partial charge in [0.2, 0.25) is 0 Å². The quantitative estimate of drug-likeness (QED) is 0.819. The van der Waals surface area contributed by atoms with Gasteiger partial charge >= 0.3 is 0 Å². The van der Waals surface area contributed by atoms with E-state index in [0.29, 0.717) is 0 Å². The average molecular weight is 277 g/mol. The molecular weight excluding hydrogens is 255 g/mol. The highest BCUT2D eigenvalue weighted by Crippen LogP contribution is 2.20. The first-order chi connectivity index (χ1) is 7.27. The van der Waals surface area contributed by atoms with Gasteiger partial charge in [-0.25, -0.2) is 0 Å². The summed E-state index contributed by atoms with van der Waals surface area (Å²) >= 11 is 0. The van der Waals surface area contributed by atoms with Crippen LogP contribution in [0.25, 0.3) is 0 Å². The van der Waals surface area contributed by atoms with Crippen LogP contribution in [0, 0.1) is 0 Å². The first kappa shape index (κ1) is 16.6. The van der Waals surface area contributed by atoms with Crippen LogP contribution in [-0.2, 0) is 0 Å². The van der Waals surface area contributed by atoms with Gasteiger partial charge in [0.25, 0.3) is 0 Å². The fourth-order valence-corrected chi connectivity index (χ4v) is 2.28. The monoisotopic (exact) mass is 276 g/mol. The number of benzene rings is 1. The van der Waals surface area contributed by atoms with Crippen molar-refractivity contribution in [3.63, 3.8) is 0 Å². The van der Waals surface area contributed by atoms with Crippen LogP contribution in [0.2, 0.25) is 0 Å². The maximum Gasteiger partial charge on any atom is 0.0366 e.